The maximum atomic E-state index is 13.9. The van der Waals surface area contributed by atoms with Crippen LogP contribution in [0.5, 0.6) is 0 Å². The van der Waals surface area contributed by atoms with E-state index in [9.17, 15) is 19.2 Å². The number of hydrogen-bond donors (Lipinski definition) is 1. The monoisotopic (exact) mass is 529 g/mol. The maximum Gasteiger partial charge on any atom is 0.410 e. The molecule has 3 aliphatic rings. The highest BCUT2D eigenvalue weighted by Crippen LogP contribution is 2.31. The molecule has 0 bridgehead atoms. The number of hydrogen-bond acceptors (Lipinski definition) is 7. The molecule has 4 rings (SSSR count). The Hall–Kier alpha value is -3.30. The van der Waals surface area contributed by atoms with Crippen LogP contribution < -0.4 is 5.32 Å². The molecule has 3 amide bonds. The molecule has 10 heteroatoms. The van der Waals surface area contributed by atoms with Gasteiger partial charge in [-0.3, -0.25) is 9.69 Å². The zero-order chi connectivity index (χ0) is 27.4. The molecule has 1 saturated heterocycles. The van der Waals surface area contributed by atoms with Gasteiger partial charge in [0.15, 0.2) is 0 Å². The molecule has 1 aliphatic carbocycles. The zero-order valence-electron chi connectivity index (χ0n) is 22.7. The van der Waals surface area contributed by atoms with Gasteiger partial charge in [-0.15, -0.1) is 0 Å². The molecule has 0 spiro atoms. The van der Waals surface area contributed by atoms with E-state index >= 15 is 0 Å². The Bertz CT molecular complexity index is 1020. The van der Waals surface area contributed by atoms with Crippen LogP contribution in [0.2, 0.25) is 0 Å². The number of amides is 3. The van der Waals surface area contributed by atoms with Crippen molar-refractivity contribution in [1.29, 1.82) is 0 Å². The largest absolute Gasteiger partial charge is 0.467 e. The minimum Gasteiger partial charge on any atom is -0.467 e. The highest BCUT2D eigenvalue weighted by Gasteiger charge is 2.46. The van der Waals surface area contributed by atoms with Crippen molar-refractivity contribution in [2.24, 2.45) is 5.92 Å². The lowest BCUT2D eigenvalue weighted by atomic mass is 9.83. The summed E-state index contributed by atoms with van der Waals surface area (Å²) >= 11 is 0. The normalized spacial score (nSPS) is 22.4. The molecule has 10 nitrogen and oxygen atoms in total. The Morgan fingerprint density at radius 2 is 1.63 bits per heavy atom. The van der Waals surface area contributed by atoms with Gasteiger partial charge in [-0.1, -0.05) is 43.5 Å². The number of fused-ring (bicyclic) bond motifs is 1. The standard InChI is InChI=1S/C28H39N3O7/c1-28(2,3)38-26(34)29-23(18-10-6-5-7-11-18)24(32)31-17-21(14-22(31)25(33)36-4)37-27(35)30-15-19-12-8-9-13-20(19)16-30/h8-9,12-13,18,21-23H,5-7,10-11,14-17H2,1-4H3,(H,29,34)/t21-,22+,23+/m1/s1. The van der Waals surface area contributed by atoms with Crippen LogP contribution in [0.4, 0.5) is 9.59 Å². The molecule has 38 heavy (non-hydrogen) atoms. The quantitative estimate of drug-likeness (QED) is 0.456. The van der Waals surface area contributed by atoms with E-state index in [1.165, 1.54) is 12.0 Å². The molecule has 2 fully saturated rings. The topological polar surface area (TPSA) is 114 Å². The minimum atomic E-state index is -0.910. The first-order chi connectivity index (χ1) is 18.1. The maximum absolute atomic E-state index is 13.9. The van der Waals surface area contributed by atoms with Crippen LogP contribution in [0, 0.1) is 5.92 Å². The van der Waals surface area contributed by atoms with Crippen molar-refractivity contribution in [2.45, 2.75) is 96.2 Å². The van der Waals surface area contributed by atoms with Gasteiger partial charge in [0.25, 0.3) is 0 Å². The van der Waals surface area contributed by atoms with Gasteiger partial charge in [0.2, 0.25) is 5.91 Å². The number of rotatable bonds is 5. The summed E-state index contributed by atoms with van der Waals surface area (Å²) in [6.07, 6.45) is 2.88. The number of nitrogens with zero attached hydrogens (tertiary/aromatic N) is 2. The molecule has 0 aromatic heterocycles. The third-order valence-corrected chi connectivity index (χ3v) is 7.45. The van der Waals surface area contributed by atoms with E-state index in [0.29, 0.717) is 13.1 Å². The second kappa shape index (κ2) is 11.6. The second-order valence-corrected chi connectivity index (χ2v) is 11.4. The average molecular weight is 530 g/mol. The SMILES string of the molecule is COC(=O)[C@@H]1C[C@@H](OC(=O)N2Cc3ccccc3C2)CN1C(=O)[C@@H](NC(=O)OC(C)(C)C)C1CCCCC1. The number of carbonyl (C=O) groups excluding carboxylic acids is 4. The van der Waals surface area contributed by atoms with Crippen molar-refractivity contribution in [2.75, 3.05) is 13.7 Å². The van der Waals surface area contributed by atoms with E-state index in [4.69, 9.17) is 14.2 Å². The Morgan fingerprint density at radius 1 is 1.00 bits per heavy atom. The van der Waals surface area contributed by atoms with Gasteiger partial charge >= 0.3 is 18.2 Å². The summed E-state index contributed by atoms with van der Waals surface area (Å²) in [6, 6.07) is 6.07. The van der Waals surface area contributed by atoms with E-state index in [0.717, 1.165) is 43.2 Å². The molecule has 0 radical (unpaired) electrons. The first kappa shape index (κ1) is 27.7. The van der Waals surface area contributed by atoms with Crippen molar-refractivity contribution in [3.8, 4) is 0 Å². The predicted octanol–water partition coefficient (Wildman–Crippen LogP) is 3.75. The number of ether oxygens (including phenoxy) is 3. The molecule has 2 aliphatic heterocycles. The van der Waals surface area contributed by atoms with Gasteiger partial charge in [0.1, 0.15) is 23.8 Å². The summed E-state index contributed by atoms with van der Waals surface area (Å²) in [4.78, 5) is 55.3. The molecular weight excluding hydrogens is 490 g/mol. The predicted molar refractivity (Wildman–Crippen MR) is 138 cm³/mol. The number of methoxy groups -OCH3 is 1. The minimum absolute atomic E-state index is 0.0460. The highest BCUT2D eigenvalue weighted by atomic mass is 16.6. The smallest absolute Gasteiger partial charge is 0.410 e. The van der Waals surface area contributed by atoms with Crippen molar-refractivity contribution in [3.05, 3.63) is 35.4 Å². The third-order valence-electron chi connectivity index (χ3n) is 7.45. The number of likely N-dealkylation sites (tertiary alicyclic amines) is 1. The van der Waals surface area contributed by atoms with E-state index in [1.54, 1.807) is 25.7 Å². The summed E-state index contributed by atoms with van der Waals surface area (Å²) in [6.45, 7) is 6.23. The van der Waals surface area contributed by atoms with Gasteiger partial charge in [-0.25, -0.2) is 14.4 Å². The summed E-state index contributed by atoms with van der Waals surface area (Å²) in [5.74, 6) is -1.04. The van der Waals surface area contributed by atoms with Gasteiger partial charge in [0, 0.05) is 19.5 Å². The Morgan fingerprint density at radius 3 is 2.21 bits per heavy atom. The van der Waals surface area contributed by atoms with Crippen molar-refractivity contribution < 1.29 is 33.4 Å². The zero-order valence-corrected chi connectivity index (χ0v) is 22.7. The molecule has 2 heterocycles. The first-order valence-corrected chi connectivity index (χ1v) is 13.5. The van der Waals surface area contributed by atoms with Crippen molar-refractivity contribution in [3.63, 3.8) is 0 Å². The van der Waals surface area contributed by atoms with Crippen molar-refractivity contribution >= 4 is 24.1 Å². The molecule has 3 atom stereocenters. The van der Waals surface area contributed by atoms with E-state index < -0.39 is 41.9 Å². The van der Waals surface area contributed by atoms with Crippen LogP contribution in [-0.2, 0) is 36.9 Å². The van der Waals surface area contributed by atoms with E-state index in [-0.39, 0.29) is 24.8 Å². The van der Waals surface area contributed by atoms with Gasteiger partial charge < -0.3 is 24.4 Å². The summed E-state index contributed by atoms with van der Waals surface area (Å²) in [7, 11) is 1.27. The summed E-state index contributed by atoms with van der Waals surface area (Å²) in [5, 5.41) is 2.79. The van der Waals surface area contributed by atoms with Crippen LogP contribution in [-0.4, -0.2) is 71.3 Å². The molecule has 1 aromatic carbocycles. The van der Waals surface area contributed by atoms with Crippen LogP contribution >= 0.6 is 0 Å². The Labute approximate surface area is 223 Å². The van der Waals surface area contributed by atoms with Gasteiger partial charge in [-0.05, 0) is 50.7 Å². The lowest BCUT2D eigenvalue weighted by Gasteiger charge is -2.34. The molecule has 1 saturated carbocycles. The average Bonchev–Trinajstić information content (AvgIpc) is 3.50. The fraction of sp³-hybridized carbons (Fsp3) is 0.643. The number of carbonyl (C=O) groups is 4. The fourth-order valence-corrected chi connectivity index (χ4v) is 5.63. The van der Waals surface area contributed by atoms with Gasteiger partial charge in [-0.2, -0.15) is 0 Å². The van der Waals surface area contributed by atoms with Crippen LogP contribution in [0.25, 0.3) is 0 Å². The molecule has 208 valence electrons. The van der Waals surface area contributed by atoms with Gasteiger partial charge in [0.05, 0.1) is 13.7 Å². The number of nitrogens with one attached hydrogen (secondary N) is 1. The molecule has 1 aromatic rings. The number of esters is 1. The molecule has 0 unspecified atom stereocenters. The second-order valence-electron chi connectivity index (χ2n) is 11.4. The fourth-order valence-electron chi connectivity index (χ4n) is 5.63. The lowest BCUT2D eigenvalue weighted by molar-refractivity contribution is -0.152. The molecular formula is C28H39N3O7. The van der Waals surface area contributed by atoms with Crippen LogP contribution in [0.1, 0.15) is 70.4 Å². The lowest BCUT2D eigenvalue weighted by Crippen LogP contribution is -2.55. The Balaban J connectivity index is 1.47. The van der Waals surface area contributed by atoms with Crippen molar-refractivity contribution in [1.82, 2.24) is 15.1 Å². The summed E-state index contributed by atoms with van der Waals surface area (Å²) < 4.78 is 16.2. The van der Waals surface area contributed by atoms with E-state index in [2.05, 4.69) is 5.32 Å². The number of benzene rings is 1. The first-order valence-electron chi connectivity index (χ1n) is 13.5. The number of alkyl carbamates (subject to hydrolysis) is 1. The molecule has 1 N–H and O–H groups in total. The van der Waals surface area contributed by atoms with Crippen LogP contribution in [0.15, 0.2) is 24.3 Å². The summed E-state index contributed by atoms with van der Waals surface area (Å²) in [5.41, 5.74) is 1.42. The van der Waals surface area contributed by atoms with E-state index in [1.807, 2.05) is 24.3 Å². The highest BCUT2D eigenvalue weighted by molar-refractivity contribution is 5.90. The van der Waals surface area contributed by atoms with Crippen LogP contribution in [0.3, 0.4) is 0 Å². The Kier molecular flexibility index (Phi) is 8.47. The third kappa shape index (κ3) is 6.57.